The first kappa shape index (κ1) is 21.9. The Balaban J connectivity index is 1.92. The Hall–Kier alpha value is -1.43. The van der Waals surface area contributed by atoms with Crippen LogP contribution in [0.25, 0.3) is 0 Å². The van der Waals surface area contributed by atoms with Gasteiger partial charge < -0.3 is 5.11 Å². The fraction of sp³-hybridized carbons (Fsp3) is 0.667. The van der Waals surface area contributed by atoms with Crippen molar-refractivity contribution in [3.8, 4) is 0 Å². The van der Waals surface area contributed by atoms with Gasteiger partial charge in [-0.2, -0.15) is 0 Å². The van der Waals surface area contributed by atoms with Gasteiger partial charge in [0.15, 0.2) is 11.6 Å². The monoisotopic (exact) mass is 379 g/mol. The zero-order valence-electron chi connectivity index (χ0n) is 16.6. The molecule has 3 nitrogen and oxygen atoms in total. The molecule has 0 spiro atoms. The zero-order valence-corrected chi connectivity index (χ0v) is 16.6. The molecule has 0 aromatic heterocycles. The van der Waals surface area contributed by atoms with Crippen LogP contribution in [0.3, 0.4) is 0 Å². The molecule has 1 aromatic carbocycles. The number of carbonyl (C=O) groups is 1. The summed E-state index contributed by atoms with van der Waals surface area (Å²) in [4.78, 5) is 14.0. The summed E-state index contributed by atoms with van der Waals surface area (Å²) in [5.41, 5.74) is 0.791. The van der Waals surface area contributed by atoms with E-state index in [2.05, 4.69) is 11.8 Å². The molecule has 1 aliphatic rings. The quantitative estimate of drug-likeness (QED) is 0.606. The number of unbranched alkanes of at least 4 members (excludes halogenated alkanes) is 1. The molecular weight excluding hydrogens is 347 g/mol. The van der Waals surface area contributed by atoms with Crippen molar-refractivity contribution in [2.75, 3.05) is 6.54 Å². The maximum absolute atomic E-state index is 13.5. The van der Waals surface area contributed by atoms with Crippen LogP contribution in [0.5, 0.6) is 0 Å². The van der Waals surface area contributed by atoms with Gasteiger partial charge in [0, 0.05) is 17.9 Å². The zero-order chi connectivity index (χ0) is 19.9. The highest BCUT2D eigenvalue weighted by Gasteiger charge is 2.32. The van der Waals surface area contributed by atoms with Gasteiger partial charge in [-0.05, 0) is 56.3 Å². The molecule has 1 saturated heterocycles. The van der Waals surface area contributed by atoms with Gasteiger partial charge in [-0.1, -0.05) is 38.7 Å². The van der Waals surface area contributed by atoms with Gasteiger partial charge in [0.05, 0.1) is 0 Å². The Morgan fingerprint density at radius 1 is 1.26 bits per heavy atom. The number of halogens is 2. The van der Waals surface area contributed by atoms with Crippen LogP contribution in [-0.4, -0.2) is 36.4 Å². The lowest BCUT2D eigenvalue weighted by atomic mass is 9.62. The Morgan fingerprint density at radius 3 is 2.67 bits per heavy atom. The van der Waals surface area contributed by atoms with Gasteiger partial charge >= 0.3 is 5.97 Å². The normalized spacial score (nSPS) is 20.3. The van der Waals surface area contributed by atoms with Gasteiger partial charge in [-0.25, -0.2) is 8.78 Å². The summed E-state index contributed by atoms with van der Waals surface area (Å²) in [6, 6.07) is 4.51. The number of carboxylic acid groups (broad SMARTS) is 1. The van der Waals surface area contributed by atoms with Crippen molar-refractivity contribution in [1.82, 2.24) is 4.90 Å². The molecule has 0 amide bonds. The summed E-state index contributed by atoms with van der Waals surface area (Å²) in [6.45, 7) is 3.66. The Morgan fingerprint density at radius 2 is 2.00 bits per heavy atom. The molecule has 1 N–H and O–H groups in total. The van der Waals surface area contributed by atoms with Gasteiger partial charge in [0.25, 0.3) is 0 Å². The third kappa shape index (κ3) is 6.30. The van der Waals surface area contributed by atoms with E-state index in [4.69, 9.17) is 0 Å². The topological polar surface area (TPSA) is 40.5 Å². The van der Waals surface area contributed by atoms with Crippen LogP contribution in [0.4, 0.5) is 8.78 Å². The number of nitrogens with zero attached hydrogens (tertiary/aromatic N) is 1. The molecule has 0 bridgehead atoms. The average molecular weight is 379 g/mol. The van der Waals surface area contributed by atoms with E-state index in [1.165, 1.54) is 18.6 Å². The summed E-state index contributed by atoms with van der Waals surface area (Å²) in [5, 5.41) is 8.97. The molecule has 27 heavy (non-hydrogen) atoms. The van der Waals surface area contributed by atoms with E-state index in [0.29, 0.717) is 19.0 Å². The van der Waals surface area contributed by atoms with Crippen LogP contribution < -0.4 is 0 Å². The minimum absolute atomic E-state index is 0.385. The molecule has 6 heteroatoms. The number of piperidine rings is 1. The Labute approximate surface area is 162 Å². The number of rotatable bonds is 10. The summed E-state index contributed by atoms with van der Waals surface area (Å²) in [6.07, 6.45) is 8.57. The van der Waals surface area contributed by atoms with Crippen molar-refractivity contribution in [1.29, 1.82) is 0 Å². The van der Waals surface area contributed by atoms with Crippen LogP contribution in [0.1, 0.15) is 70.3 Å². The van der Waals surface area contributed by atoms with E-state index in [9.17, 15) is 18.7 Å². The summed E-state index contributed by atoms with van der Waals surface area (Å²) >= 11 is 0. The third-order valence-electron chi connectivity index (χ3n) is 5.98. The molecule has 1 aliphatic heterocycles. The summed E-state index contributed by atoms with van der Waals surface area (Å²) in [5.74, 6) is -2.30. The fourth-order valence-corrected chi connectivity index (χ4v) is 4.10. The molecule has 0 radical (unpaired) electrons. The number of hydrogen-bond acceptors (Lipinski definition) is 2. The SMILES string of the molecule is BC(CCCC)(CCCC1CCCCN1Cc1ccc(F)c(F)c1)C(=O)O. The lowest BCUT2D eigenvalue weighted by molar-refractivity contribution is -0.141. The van der Waals surface area contributed by atoms with Crippen molar-refractivity contribution in [3.63, 3.8) is 0 Å². The predicted molar refractivity (Wildman–Crippen MR) is 107 cm³/mol. The second-order valence-electron chi connectivity index (χ2n) is 8.23. The van der Waals surface area contributed by atoms with Gasteiger partial charge in [-0.3, -0.25) is 9.69 Å². The van der Waals surface area contributed by atoms with Crippen LogP contribution in [0.2, 0.25) is 5.31 Å². The van der Waals surface area contributed by atoms with Crippen molar-refractivity contribution in [2.24, 2.45) is 0 Å². The summed E-state index contributed by atoms with van der Waals surface area (Å²) in [7, 11) is 1.87. The van der Waals surface area contributed by atoms with Crippen molar-refractivity contribution < 1.29 is 18.7 Å². The lowest BCUT2D eigenvalue weighted by Crippen LogP contribution is -2.39. The van der Waals surface area contributed by atoms with E-state index >= 15 is 0 Å². The standard InChI is InChI=1S/C21H32BF2NO2/c1-2-3-11-21(22,20(26)27)12-6-8-17-7-4-5-13-25(17)15-16-9-10-18(23)19(24)14-16/h9-10,14,17H,2-8,11-13,15,22H2,1H3,(H,26,27). The molecule has 1 heterocycles. The number of likely N-dealkylation sites (tertiary alicyclic amines) is 1. The first-order valence-electron chi connectivity index (χ1n) is 10.3. The first-order valence-corrected chi connectivity index (χ1v) is 10.3. The summed E-state index contributed by atoms with van der Waals surface area (Å²) < 4.78 is 26.6. The molecule has 2 rings (SSSR count). The third-order valence-corrected chi connectivity index (χ3v) is 5.98. The lowest BCUT2D eigenvalue weighted by Gasteiger charge is -2.36. The van der Waals surface area contributed by atoms with E-state index in [-0.39, 0.29) is 0 Å². The average Bonchev–Trinajstić information content (AvgIpc) is 2.64. The number of hydrogen-bond donors (Lipinski definition) is 1. The molecule has 1 fully saturated rings. The highest BCUT2D eigenvalue weighted by molar-refractivity contribution is 6.26. The van der Waals surface area contributed by atoms with Gasteiger partial charge in [0.1, 0.15) is 7.85 Å². The van der Waals surface area contributed by atoms with E-state index in [0.717, 1.165) is 57.1 Å². The molecule has 0 saturated carbocycles. The predicted octanol–water partition coefficient (Wildman–Crippen LogP) is 4.56. The molecule has 0 aliphatic carbocycles. The minimum atomic E-state index is -0.811. The van der Waals surface area contributed by atoms with E-state index in [1.54, 1.807) is 6.07 Å². The molecule has 1 aromatic rings. The molecule has 2 atom stereocenters. The largest absolute Gasteiger partial charge is 0.481 e. The van der Waals surface area contributed by atoms with Crippen molar-refractivity contribution in [3.05, 3.63) is 35.4 Å². The second-order valence-corrected chi connectivity index (χ2v) is 8.23. The van der Waals surface area contributed by atoms with E-state index in [1.807, 2.05) is 7.85 Å². The first-order chi connectivity index (χ1) is 12.9. The van der Waals surface area contributed by atoms with Crippen LogP contribution in [0, 0.1) is 11.6 Å². The molecule has 2 unspecified atom stereocenters. The smallest absolute Gasteiger partial charge is 0.301 e. The van der Waals surface area contributed by atoms with Gasteiger partial charge in [-0.15, -0.1) is 0 Å². The maximum atomic E-state index is 13.5. The Kier molecular flexibility index (Phi) is 8.27. The fourth-order valence-electron chi connectivity index (χ4n) is 4.10. The van der Waals surface area contributed by atoms with Crippen LogP contribution >= 0.6 is 0 Å². The second kappa shape index (κ2) is 10.2. The maximum Gasteiger partial charge on any atom is 0.301 e. The minimum Gasteiger partial charge on any atom is -0.481 e. The van der Waals surface area contributed by atoms with Crippen molar-refractivity contribution >= 4 is 13.8 Å². The number of aliphatic carboxylic acids is 1. The van der Waals surface area contributed by atoms with Gasteiger partial charge in [0.2, 0.25) is 0 Å². The molecular formula is C21H32BF2NO2. The highest BCUT2D eigenvalue weighted by Crippen LogP contribution is 2.36. The van der Waals surface area contributed by atoms with E-state index < -0.39 is 22.9 Å². The van der Waals surface area contributed by atoms with Crippen LogP contribution in [0.15, 0.2) is 18.2 Å². The van der Waals surface area contributed by atoms with Crippen molar-refractivity contribution in [2.45, 2.75) is 82.6 Å². The number of carboxylic acids is 1. The Bertz CT molecular complexity index is 628. The number of benzene rings is 1. The highest BCUT2D eigenvalue weighted by atomic mass is 19.2. The van der Waals surface area contributed by atoms with Crippen LogP contribution in [-0.2, 0) is 11.3 Å². The molecule has 150 valence electrons.